The molecule has 3 aromatic rings. The first-order chi connectivity index (χ1) is 22.0. The average molecular weight is 627 g/mol. The standard InChI is InChI=1S/C34H39FN8O3/c1-22(46-27-11-7-6-8-12-27)16-28(35)23(2)30-29-31(37)38-21-39-32(29)43(40-30)18-25-10-9-15-42(25)33(44)24(17-36)13-14-34(3,4)41(5)26-19-45-20-26/h6-9,11-13,15-16,21,25-26H,10,14,18-20H2,1-5H3,(H2,37,38,39)/b22-16+,24-13+,28-23-/t25-/m1/s1. The largest absolute Gasteiger partial charge is 0.462 e. The molecule has 1 atom stereocenters. The van der Waals surface area contributed by atoms with Crippen molar-refractivity contribution in [1.82, 2.24) is 29.5 Å². The highest BCUT2D eigenvalue weighted by Gasteiger charge is 2.34. The normalized spacial score (nSPS) is 18.1. The number of amides is 1. The number of carbonyl (C=O) groups excluding carboxylic acids is 1. The zero-order chi connectivity index (χ0) is 33.0. The summed E-state index contributed by atoms with van der Waals surface area (Å²) < 4.78 is 28.2. The van der Waals surface area contributed by atoms with Gasteiger partial charge in [0.15, 0.2) is 5.65 Å². The Kier molecular flexibility index (Phi) is 9.65. The van der Waals surface area contributed by atoms with Crippen molar-refractivity contribution in [2.45, 2.75) is 64.7 Å². The van der Waals surface area contributed by atoms with E-state index in [9.17, 15) is 10.1 Å². The summed E-state index contributed by atoms with van der Waals surface area (Å²) in [7, 11) is 2.03. The second-order valence-corrected chi connectivity index (χ2v) is 12.2. The van der Waals surface area contributed by atoms with Gasteiger partial charge in [-0.3, -0.25) is 9.69 Å². The molecule has 2 aliphatic heterocycles. The van der Waals surface area contributed by atoms with Gasteiger partial charge in [0, 0.05) is 23.4 Å². The quantitative estimate of drug-likeness (QED) is 0.133. The maximum absolute atomic E-state index is 15.6. The Morgan fingerprint density at radius 3 is 2.67 bits per heavy atom. The number of nitriles is 1. The van der Waals surface area contributed by atoms with Gasteiger partial charge in [-0.1, -0.05) is 30.4 Å². The van der Waals surface area contributed by atoms with Crippen molar-refractivity contribution in [1.29, 1.82) is 5.26 Å². The molecule has 12 heteroatoms. The molecule has 2 N–H and O–H groups in total. The zero-order valence-electron chi connectivity index (χ0n) is 26.8. The van der Waals surface area contributed by atoms with E-state index in [4.69, 9.17) is 20.3 Å². The van der Waals surface area contributed by atoms with Gasteiger partial charge in [0.2, 0.25) is 0 Å². The first kappa shape index (κ1) is 32.5. The minimum Gasteiger partial charge on any atom is -0.462 e. The van der Waals surface area contributed by atoms with E-state index in [1.807, 2.05) is 31.3 Å². The van der Waals surface area contributed by atoms with E-state index < -0.39 is 11.7 Å². The van der Waals surface area contributed by atoms with Crippen LogP contribution in [0.5, 0.6) is 5.75 Å². The van der Waals surface area contributed by atoms with Gasteiger partial charge in [-0.05, 0) is 59.7 Å². The number of anilines is 1. The zero-order valence-corrected chi connectivity index (χ0v) is 26.8. The number of halogens is 1. The van der Waals surface area contributed by atoms with E-state index in [0.29, 0.717) is 60.3 Å². The maximum atomic E-state index is 15.6. The monoisotopic (exact) mass is 626 g/mol. The van der Waals surface area contributed by atoms with E-state index in [2.05, 4.69) is 34.8 Å². The maximum Gasteiger partial charge on any atom is 0.268 e. The van der Waals surface area contributed by atoms with Crippen LogP contribution >= 0.6 is 0 Å². The van der Waals surface area contributed by atoms with Crippen molar-refractivity contribution >= 4 is 28.3 Å². The molecule has 46 heavy (non-hydrogen) atoms. The summed E-state index contributed by atoms with van der Waals surface area (Å²) in [6, 6.07) is 11.2. The van der Waals surface area contributed by atoms with E-state index in [-0.39, 0.29) is 35.1 Å². The summed E-state index contributed by atoms with van der Waals surface area (Å²) in [4.78, 5) is 25.9. The summed E-state index contributed by atoms with van der Waals surface area (Å²) in [5.41, 5.74) is 6.98. The molecule has 2 aliphatic rings. The SMILES string of the molecule is C/C(=C(F)\C=C(/C)Oc1ccccc1)c1nn(C[C@H]2CC=CN2C(=O)/C(C#N)=C/CC(C)(C)N(C)C2COC2)c2ncnc(N)c12. The number of carbonyl (C=O) groups is 1. The summed E-state index contributed by atoms with van der Waals surface area (Å²) in [5, 5.41) is 15.1. The van der Waals surface area contributed by atoms with Crippen LogP contribution in [0.2, 0.25) is 0 Å². The van der Waals surface area contributed by atoms with Crippen molar-refractivity contribution in [3.63, 3.8) is 0 Å². The second kappa shape index (κ2) is 13.6. The van der Waals surface area contributed by atoms with Gasteiger partial charge >= 0.3 is 0 Å². The number of allylic oxidation sites excluding steroid dienone is 4. The molecule has 0 unspecified atom stereocenters. The fourth-order valence-electron chi connectivity index (χ4n) is 5.44. The van der Waals surface area contributed by atoms with Crippen molar-refractivity contribution in [2.24, 2.45) is 0 Å². The average Bonchev–Trinajstić information content (AvgIpc) is 3.62. The lowest BCUT2D eigenvalue weighted by Gasteiger charge is -2.44. The number of nitrogen functional groups attached to an aromatic ring is 1. The second-order valence-electron chi connectivity index (χ2n) is 12.2. The van der Waals surface area contributed by atoms with E-state index in [1.165, 1.54) is 12.4 Å². The highest BCUT2D eigenvalue weighted by Crippen LogP contribution is 2.31. The Labute approximate surface area is 268 Å². The third kappa shape index (κ3) is 6.85. The number of benzene rings is 1. The molecular weight excluding hydrogens is 587 g/mol. The Hall–Kier alpha value is -4.86. The van der Waals surface area contributed by atoms with Crippen LogP contribution in [-0.4, -0.2) is 73.3 Å². The molecule has 1 amide bonds. The Morgan fingerprint density at radius 2 is 2.00 bits per heavy atom. The number of hydrogen-bond donors (Lipinski definition) is 1. The lowest BCUT2D eigenvalue weighted by atomic mass is 9.94. The highest BCUT2D eigenvalue weighted by molar-refractivity contribution is 5.98. The number of likely N-dealkylation sites (N-methyl/N-ethyl adjacent to an activating group) is 1. The third-order valence-electron chi connectivity index (χ3n) is 8.59. The van der Waals surface area contributed by atoms with Crippen LogP contribution in [-0.2, 0) is 16.1 Å². The molecule has 0 spiro atoms. The Balaban J connectivity index is 1.38. The van der Waals surface area contributed by atoms with E-state index in [1.54, 1.807) is 47.8 Å². The lowest BCUT2D eigenvalue weighted by molar-refractivity contribution is -0.125. The molecule has 4 heterocycles. The summed E-state index contributed by atoms with van der Waals surface area (Å²) in [6.07, 6.45) is 8.97. The van der Waals surface area contributed by atoms with Gasteiger partial charge in [-0.15, -0.1) is 0 Å². The van der Waals surface area contributed by atoms with E-state index >= 15 is 4.39 Å². The molecule has 240 valence electrons. The first-order valence-corrected chi connectivity index (χ1v) is 15.2. The van der Waals surface area contributed by atoms with Gasteiger partial charge < -0.3 is 20.1 Å². The van der Waals surface area contributed by atoms with Crippen LogP contribution in [0.1, 0.15) is 46.2 Å². The van der Waals surface area contributed by atoms with Crippen LogP contribution in [0, 0.1) is 11.3 Å². The van der Waals surface area contributed by atoms with Gasteiger partial charge in [0.25, 0.3) is 5.91 Å². The van der Waals surface area contributed by atoms with Crippen LogP contribution in [0.15, 0.2) is 78.2 Å². The van der Waals surface area contributed by atoms with Crippen molar-refractivity contribution in [3.05, 3.63) is 83.9 Å². The van der Waals surface area contributed by atoms with Crippen molar-refractivity contribution in [3.8, 4) is 11.8 Å². The van der Waals surface area contributed by atoms with Gasteiger partial charge in [0.05, 0.1) is 37.2 Å². The number of rotatable bonds is 11. The van der Waals surface area contributed by atoms with Crippen LogP contribution in [0.3, 0.4) is 0 Å². The van der Waals surface area contributed by atoms with E-state index in [0.717, 1.165) is 0 Å². The smallest absolute Gasteiger partial charge is 0.268 e. The third-order valence-corrected chi connectivity index (χ3v) is 8.59. The van der Waals surface area contributed by atoms with Crippen LogP contribution in [0.4, 0.5) is 10.2 Å². The number of nitrogens with two attached hydrogens (primary N) is 1. The molecule has 0 radical (unpaired) electrons. The Morgan fingerprint density at radius 1 is 1.26 bits per heavy atom. The molecule has 0 bridgehead atoms. The number of para-hydroxylation sites is 1. The van der Waals surface area contributed by atoms with Gasteiger partial charge in [-0.25, -0.2) is 19.0 Å². The molecule has 1 aromatic carbocycles. The molecule has 1 fully saturated rings. The predicted molar refractivity (Wildman–Crippen MR) is 173 cm³/mol. The fourth-order valence-corrected chi connectivity index (χ4v) is 5.44. The molecule has 11 nitrogen and oxygen atoms in total. The summed E-state index contributed by atoms with van der Waals surface area (Å²) in [5.74, 6) is 0.166. The Bertz CT molecular complexity index is 1770. The fraction of sp³-hybridized carbons (Fsp3) is 0.382. The number of ether oxygens (including phenoxy) is 2. The summed E-state index contributed by atoms with van der Waals surface area (Å²) in [6.45, 7) is 9.03. The summed E-state index contributed by atoms with van der Waals surface area (Å²) >= 11 is 0. The lowest BCUT2D eigenvalue weighted by Crippen LogP contribution is -2.55. The van der Waals surface area contributed by atoms with Gasteiger partial charge in [-0.2, -0.15) is 10.4 Å². The number of nitrogens with zero attached hydrogens (tertiary/aromatic N) is 7. The molecule has 5 rings (SSSR count). The minimum absolute atomic E-state index is 0.0705. The molecule has 0 aliphatic carbocycles. The van der Waals surface area contributed by atoms with Crippen LogP contribution < -0.4 is 10.5 Å². The minimum atomic E-state index is -0.551. The molecule has 1 saturated heterocycles. The highest BCUT2D eigenvalue weighted by atomic mass is 19.1. The number of hydrogen-bond acceptors (Lipinski definition) is 9. The molecular formula is C34H39FN8O3. The van der Waals surface area contributed by atoms with Crippen molar-refractivity contribution in [2.75, 3.05) is 26.0 Å². The molecule has 2 aromatic heterocycles. The number of aromatic nitrogens is 4. The number of fused-ring (bicyclic) bond motifs is 1. The van der Waals surface area contributed by atoms with Gasteiger partial charge in [0.1, 0.15) is 46.8 Å². The molecule has 0 saturated carbocycles. The topological polar surface area (TPSA) is 135 Å². The van der Waals surface area contributed by atoms with Crippen molar-refractivity contribution < 1.29 is 18.7 Å². The first-order valence-electron chi connectivity index (χ1n) is 15.2. The predicted octanol–water partition coefficient (Wildman–Crippen LogP) is 5.16. The van der Waals surface area contributed by atoms with Crippen LogP contribution in [0.25, 0.3) is 16.6 Å².